The molecule has 3 atom stereocenters. The Morgan fingerprint density at radius 3 is 3.00 bits per heavy atom. The highest BCUT2D eigenvalue weighted by Gasteiger charge is 2.38. The van der Waals surface area contributed by atoms with Gasteiger partial charge < -0.3 is 14.4 Å². The van der Waals surface area contributed by atoms with Gasteiger partial charge in [0.25, 0.3) is 0 Å². The van der Waals surface area contributed by atoms with Gasteiger partial charge in [-0.2, -0.15) is 5.10 Å². The standard InChI is InChI=1S/C16H24N4O3/c1-3-19(15-5-4-6-17-18-15)10-13-11-20(7-8-22-13)14-9-12(2)23-16(14)21/h4-6,12-14H,3,7-11H2,1-2H3/t12-,13+,14+/m0/s1. The highest BCUT2D eigenvalue weighted by Crippen LogP contribution is 2.22. The summed E-state index contributed by atoms with van der Waals surface area (Å²) in [7, 11) is 0. The van der Waals surface area contributed by atoms with Crippen LogP contribution in [0.5, 0.6) is 0 Å². The first-order chi connectivity index (χ1) is 11.2. The lowest BCUT2D eigenvalue weighted by Gasteiger charge is -2.37. The fourth-order valence-electron chi connectivity index (χ4n) is 3.26. The van der Waals surface area contributed by atoms with Crippen LogP contribution in [0.15, 0.2) is 18.3 Å². The molecule has 0 amide bonds. The molecule has 23 heavy (non-hydrogen) atoms. The lowest BCUT2D eigenvalue weighted by Crippen LogP contribution is -2.52. The number of ether oxygens (including phenoxy) is 2. The van der Waals surface area contributed by atoms with E-state index in [0.717, 1.165) is 38.4 Å². The molecule has 7 nitrogen and oxygen atoms in total. The van der Waals surface area contributed by atoms with Gasteiger partial charge in [0, 0.05) is 38.8 Å². The lowest BCUT2D eigenvalue weighted by atomic mass is 10.1. The summed E-state index contributed by atoms with van der Waals surface area (Å²) in [5.41, 5.74) is 0. The zero-order valence-electron chi connectivity index (χ0n) is 13.7. The summed E-state index contributed by atoms with van der Waals surface area (Å²) in [4.78, 5) is 16.3. The van der Waals surface area contributed by atoms with Crippen molar-refractivity contribution >= 4 is 11.8 Å². The zero-order chi connectivity index (χ0) is 16.2. The molecule has 0 saturated carbocycles. The molecule has 0 aliphatic carbocycles. The highest BCUT2D eigenvalue weighted by atomic mass is 16.6. The minimum Gasteiger partial charge on any atom is -0.461 e. The molecule has 2 aliphatic rings. The monoisotopic (exact) mass is 320 g/mol. The first-order valence-electron chi connectivity index (χ1n) is 8.26. The quantitative estimate of drug-likeness (QED) is 0.740. The predicted molar refractivity (Wildman–Crippen MR) is 85.2 cm³/mol. The Morgan fingerprint density at radius 1 is 1.48 bits per heavy atom. The third-order valence-electron chi connectivity index (χ3n) is 4.44. The number of anilines is 1. The summed E-state index contributed by atoms with van der Waals surface area (Å²) in [5.74, 6) is 0.754. The van der Waals surface area contributed by atoms with Crippen LogP contribution in [0.4, 0.5) is 5.82 Å². The van der Waals surface area contributed by atoms with E-state index in [4.69, 9.17) is 9.47 Å². The van der Waals surface area contributed by atoms with E-state index in [-0.39, 0.29) is 24.2 Å². The second kappa shape index (κ2) is 7.23. The molecule has 0 N–H and O–H groups in total. The van der Waals surface area contributed by atoms with Gasteiger partial charge in [0.1, 0.15) is 12.1 Å². The number of hydrogen-bond acceptors (Lipinski definition) is 7. The first kappa shape index (κ1) is 16.1. The van der Waals surface area contributed by atoms with Crippen molar-refractivity contribution in [2.24, 2.45) is 0 Å². The Morgan fingerprint density at radius 2 is 2.35 bits per heavy atom. The summed E-state index contributed by atoms with van der Waals surface area (Å²) >= 11 is 0. The number of carbonyl (C=O) groups excluding carboxylic acids is 1. The van der Waals surface area contributed by atoms with Gasteiger partial charge in [0.05, 0.1) is 12.7 Å². The molecule has 2 aliphatic heterocycles. The Bertz CT molecular complexity index is 527. The topological polar surface area (TPSA) is 67.8 Å². The molecule has 0 unspecified atom stereocenters. The summed E-state index contributed by atoms with van der Waals surface area (Å²) < 4.78 is 11.2. The molecule has 1 aromatic heterocycles. The maximum atomic E-state index is 12.0. The van der Waals surface area contributed by atoms with E-state index in [0.29, 0.717) is 6.61 Å². The summed E-state index contributed by atoms with van der Waals surface area (Å²) in [6.07, 6.45) is 2.51. The first-order valence-corrected chi connectivity index (χ1v) is 8.26. The van der Waals surface area contributed by atoms with Crippen molar-refractivity contribution in [3.63, 3.8) is 0 Å². The minimum atomic E-state index is -0.122. The molecule has 126 valence electrons. The summed E-state index contributed by atoms with van der Waals surface area (Å²) in [6.45, 7) is 7.77. The van der Waals surface area contributed by atoms with Crippen molar-refractivity contribution < 1.29 is 14.3 Å². The zero-order valence-corrected chi connectivity index (χ0v) is 13.7. The van der Waals surface area contributed by atoms with Gasteiger partial charge >= 0.3 is 5.97 Å². The van der Waals surface area contributed by atoms with Crippen LogP contribution in [0.25, 0.3) is 0 Å². The van der Waals surface area contributed by atoms with E-state index in [1.54, 1.807) is 6.20 Å². The average Bonchev–Trinajstić information content (AvgIpc) is 2.92. The van der Waals surface area contributed by atoms with E-state index in [1.165, 1.54) is 0 Å². The van der Waals surface area contributed by atoms with Crippen LogP contribution in [-0.2, 0) is 14.3 Å². The van der Waals surface area contributed by atoms with Gasteiger partial charge in [0.15, 0.2) is 5.82 Å². The van der Waals surface area contributed by atoms with Crippen molar-refractivity contribution in [3.8, 4) is 0 Å². The van der Waals surface area contributed by atoms with Gasteiger partial charge in [-0.05, 0) is 26.0 Å². The Hall–Kier alpha value is -1.73. The van der Waals surface area contributed by atoms with Crippen LogP contribution in [0.2, 0.25) is 0 Å². The number of hydrogen-bond donors (Lipinski definition) is 0. The summed E-state index contributed by atoms with van der Waals surface area (Å²) in [5, 5.41) is 8.11. The summed E-state index contributed by atoms with van der Waals surface area (Å²) in [6, 6.07) is 3.71. The number of nitrogens with zero attached hydrogens (tertiary/aromatic N) is 4. The Balaban J connectivity index is 1.61. The van der Waals surface area contributed by atoms with Gasteiger partial charge in [-0.15, -0.1) is 5.10 Å². The van der Waals surface area contributed by atoms with E-state index in [1.807, 2.05) is 19.1 Å². The van der Waals surface area contributed by atoms with E-state index in [2.05, 4.69) is 26.9 Å². The normalized spacial score (nSPS) is 28.6. The third kappa shape index (κ3) is 3.79. The van der Waals surface area contributed by atoms with Crippen molar-refractivity contribution in [1.29, 1.82) is 0 Å². The molecule has 3 rings (SSSR count). The minimum absolute atomic E-state index is 0.0144. The molecular weight excluding hydrogens is 296 g/mol. The molecule has 3 heterocycles. The van der Waals surface area contributed by atoms with Crippen molar-refractivity contribution in [3.05, 3.63) is 18.3 Å². The van der Waals surface area contributed by atoms with Gasteiger partial charge in [-0.1, -0.05) is 0 Å². The molecule has 0 bridgehead atoms. The van der Waals surface area contributed by atoms with Gasteiger partial charge in [-0.3, -0.25) is 9.69 Å². The maximum Gasteiger partial charge on any atom is 0.323 e. The molecule has 0 radical (unpaired) electrons. The van der Waals surface area contributed by atoms with Crippen LogP contribution >= 0.6 is 0 Å². The largest absolute Gasteiger partial charge is 0.461 e. The number of likely N-dealkylation sites (N-methyl/N-ethyl adjacent to an activating group) is 1. The number of esters is 1. The number of morpholine rings is 1. The van der Waals surface area contributed by atoms with E-state index >= 15 is 0 Å². The number of cyclic esters (lactones) is 1. The average molecular weight is 320 g/mol. The highest BCUT2D eigenvalue weighted by molar-refractivity contribution is 5.78. The molecule has 7 heteroatoms. The number of carbonyl (C=O) groups is 1. The Kier molecular flexibility index (Phi) is 5.07. The van der Waals surface area contributed by atoms with E-state index < -0.39 is 0 Å². The lowest BCUT2D eigenvalue weighted by molar-refractivity contribution is -0.146. The van der Waals surface area contributed by atoms with Crippen LogP contribution in [0.3, 0.4) is 0 Å². The molecular formula is C16H24N4O3. The third-order valence-corrected chi connectivity index (χ3v) is 4.44. The van der Waals surface area contributed by atoms with E-state index in [9.17, 15) is 4.79 Å². The number of rotatable bonds is 5. The van der Waals surface area contributed by atoms with Crippen molar-refractivity contribution in [1.82, 2.24) is 15.1 Å². The van der Waals surface area contributed by atoms with Crippen LogP contribution < -0.4 is 4.90 Å². The van der Waals surface area contributed by atoms with Crippen LogP contribution in [0.1, 0.15) is 20.3 Å². The number of aromatic nitrogens is 2. The van der Waals surface area contributed by atoms with Crippen LogP contribution in [0, 0.1) is 0 Å². The molecule has 1 aromatic rings. The Labute approximate surface area is 136 Å². The molecule has 0 spiro atoms. The second-order valence-corrected chi connectivity index (χ2v) is 6.11. The van der Waals surface area contributed by atoms with Crippen molar-refractivity contribution in [2.45, 2.75) is 38.5 Å². The molecule has 0 aromatic carbocycles. The molecule has 2 saturated heterocycles. The van der Waals surface area contributed by atoms with Gasteiger partial charge in [0.2, 0.25) is 0 Å². The SMILES string of the molecule is CCN(C[C@@H]1CN([C@@H]2C[C@H](C)OC2=O)CCO1)c1cccnn1. The fraction of sp³-hybridized carbons (Fsp3) is 0.688. The predicted octanol–water partition coefficient (Wildman–Crippen LogP) is 0.708. The second-order valence-electron chi connectivity index (χ2n) is 6.11. The fourth-order valence-corrected chi connectivity index (χ4v) is 3.26. The smallest absolute Gasteiger partial charge is 0.323 e. The van der Waals surface area contributed by atoms with Crippen molar-refractivity contribution in [2.75, 3.05) is 37.7 Å². The van der Waals surface area contributed by atoms with Crippen LogP contribution in [-0.4, -0.2) is 72.1 Å². The van der Waals surface area contributed by atoms with Gasteiger partial charge in [-0.25, -0.2) is 0 Å². The molecule has 2 fully saturated rings. The maximum absolute atomic E-state index is 12.0.